The quantitative estimate of drug-likeness (QED) is 0.0690. The van der Waals surface area contributed by atoms with Crippen molar-refractivity contribution in [3.63, 3.8) is 0 Å². The van der Waals surface area contributed by atoms with E-state index in [0.29, 0.717) is 4.32 Å². The average molecular weight is 476 g/mol. The summed E-state index contributed by atoms with van der Waals surface area (Å²) in [4.78, 5) is 0. The van der Waals surface area contributed by atoms with Crippen molar-refractivity contribution in [3.8, 4) is 0 Å². The highest BCUT2D eigenvalue weighted by molar-refractivity contribution is 8.11. The van der Waals surface area contributed by atoms with Crippen LogP contribution in [0.25, 0.3) is 0 Å². The van der Waals surface area contributed by atoms with E-state index in [1.165, 1.54) is 148 Å². The van der Waals surface area contributed by atoms with Crippen molar-refractivity contribution in [2.45, 2.75) is 148 Å². The summed E-state index contributed by atoms with van der Waals surface area (Å²) in [6.45, 7) is 0.986. The molecule has 0 saturated heterocycles. The molecule has 30 heavy (non-hydrogen) atoms. The van der Waals surface area contributed by atoms with Gasteiger partial charge in [-0.05, 0) is 18.6 Å². The molecule has 0 aromatic carbocycles. The van der Waals surface area contributed by atoms with Gasteiger partial charge in [-0.1, -0.05) is 147 Å². The molecule has 0 aliphatic rings. The van der Waals surface area contributed by atoms with E-state index in [1.807, 2.05) is 0 Å². The van der Waals surface area contributed by atoms with Gasteiger partial charge in [-0.2, -0.15) is 12.6 Å². The van der Waals surface area contributed by atoms with Crippen LogP contribution in [0.5, 0.6) is 0 Å². The number of thiocarbonyl (C=S) groups is 1. The molecule has 0 atom stereocenters. The van der Waals surface area contributed by atoms with Crippen molar-refractivity contribution in [2.24, 2.45) is 0 Å². The van der Waals surface area contributed by atoms with E-state index < -0.39 is 0 Å². The summed E-state index contributed by atoms with van der Waals surface area (Å²) in [5.74, 6) is 1.06. The fraction of sp³-hybridized carbons (Fsp3) is 0.962. The normalized spacial score (nSPS) is 11.1. The Hall–Kier alpha value is 0.590. The van der Waals surface area contributed by atoms with Gasteiger partial charge < -0.3 is 5.32 Å². The Morgan fingerprint density at radius 2 is 0.667 bits per heavy atom. The molecule has 0 aliphatic heterocycles. The average Bonchev–Trinajstić information content (AvgIpc) is 2.73. The maximum atomic E-state index is 4.89. The molecule has 0 aromatic heterocycles. The van der Waals surface area contributed by atoms with Gasteiger partial charge in [0.05, 0.1) is 0 Å². The zero-order valence-corrected chi connectivity index (χ0v) is 22.6. The number of rotatable bonds is 25. The van der Waals surface area contributed by atoms with Crippen LogP contribution in [-0.2, 0) is 0 Å². The summed E-state index contributed by atoms with van der Waals surface area (Å²) in [6.07, 6.45) is 32.8. The number of hydrogen-bond donors (Lipinski definition) is 3. The van der Waals surface area contributed by atoms with Gasteiger partial charge in [0.15, 0.2) is 0 Å². The monoisotopic (exact) mass is 475 g/mol. The minimum atomic E-state index is 0.627. The summed E-state index contributed by atoms with van der Waals surface area (Å²) < 4.78 is 0.627. The van der Waals surface area contributed by atoms with Gasteiger partial charge in [-0.25, -0.2) is 0 Å². The maximum Gasteiger partial charge on any atom is 0.130 e. The first-order valence-electron chi connectivity index (χ1n) is 13.3. The second kappa shape index (κ2) is 27.6. The number of unbranched alkanes of at least 4 members (excludes halogenated alkanes) is 22. The molecule has 180 valence electrons. The Labute approximate surface area is 206 Å². The van der Waals surface area contributed by atoms with Crippen molar-refractivity contribution < 1.29 is 0 Å². The third-order valence-corrected chi connectivity index (χ3v) is 6.73. The zero-order chi connectivity index (χ0) is 22.0. The molecule has 0 saturated carbocycles. The third-order valence-electron chi connectivity index (χ3n) is 6.11. The van der Waals surface area contributed by atoms with Gasteiger partial charge in [-0.3, -0.25) is 0 Å². The summed E-state index contributed by atoms with van der Waals surface area (Å²) in [5.41, 5.74) is 0. The van der Waals surface area contributed by atoms with Gasteiger partial charge in [0, 0.05) is 6.54 Å². The minimum absolute atomic E-state index is 0.627. The molecular formula is C26H53NS3. The lowest BCUT2D eigenvalue weighted by molar-refractivity contribution is 0.518. The number of nitrogens with one attached hydrogen (secondary N) is 1. The molecule has 0 heterocycles. The van der Waals surface area contributed by atoms with Crippen LogP contribution in [-0.4, -0.2) is 16.6 Å². The molecule has 0 rings (SSSR count). The highest BCUT2D eigenvalue weighted by Gasteiger charge is 1.96. The highest BCUT2D eigenvalue weighted by atomic mass is 32.1. The van der Waals surface area contributed by atoms with Gasteiger partial charge >= 0.3 is 0 Å². The standard InChI is InChI=1S/C26H53NS3/c28-25-23-21-19-17-15-13-11-9-7-5-3-1-2-4-6-8-10-12-14-16-18-20-22-24-27-26(29)30/h28H,1-25H2,(H2,27,29,30). The Bertz CT molecular complexity index is 336. The first-order valence-corrected chi connectivity index (χ1v) is 14.8. The topological polar surface area (TPSA) is 12.0 Å². The molecule has 0 aromatic rings. The molecule has 0 bridgehead atoms. The van der Waals surface area contributed by atoms with Crippen molar-refractivity contribution in [1.82, 2.24) is 5.32 Å². The largest absolute Gasteiger partial charge is 0.371 e. The van der Waals surface area contributed by atoms with Crippen LogP contribution < -0.4 is 5.32 Å². The van der Waals surface area contributed by atoms with Crippen LogP contribution in [0.15, 0.2) is 0 Å². The van der Waals surface area contributed by atoms with Gasteiger partial charge in [0.25, 0.3) is 0 Å². The lowest BCUT2D eigenvalue weighted by atomic mass is 10.0. The second-order valence-electron chi connectivity index (χ2n) is 9.09. The van der Waals surface area contributed by atoms with E-state index in [4.69, 9.17) is 12.2 Å². The second-order valence-corrected chi connectivity index (χ2v) is 10.7. The smallest absolute Gasteiger partial charge is 0.130 e. The lowest BCUT2D eigenvalue weighted by Gasteiger charge is -2.05. The van der Waals surface area contributed by atoms with Crippen molar-refractivity contribution >= 4 is 41.8 Å². The fourth-order valence-corrected chi connectivity index (χ4v) is 4.58. The molecule has 1 nitrogen and oxygen atoms in total. The van der Waals surface area contributed by atoms with E-state index in [9.17, 15) is 0 Å². The van der Waals surface area contributed by atoms with Crippen LogP contribution in [0, 0.1) is 0 Å². The molecule has 0 amide bonds. The molecular weight excluding hydrogens is 422 g/mol. The summed E-state index contributed by atoms with van der Waals surface area (Å²) >= 11 is 13.2. The van der Waals surface area contributed by atoms with Crippen LogP contribution in [0.4, 0.5) is 0 Å². The molecule has 0 radical (unpaired) electrons. The van der Waals surface area contributed by atoms with Crippen LogP contribution in [0.2, 0.25) is 0 Å². The van der Waals surface area contributed by atoms with Gasteiger partial charge in [0.1, 0.15) is 4.32 Å². The number of hydrogen-bond acceptors (Lipinski definition) is 2. The fourth-order valence-electron chi connectivity index (χ4n) is 4.14. The Kier molecular flexibility index (Phi) is 28.2. The zero-order valence-electron chi connectivity index (χ0n) is 20.0. The van der Waals surface area contributed by atoms with Crippen molar-refractivity contribution in [1.29, 1.82) is 0 Å². The maximum absolute atomic E-state index is 4.89. The molecule has 0 spiro atoms. The summed E-state index contributed by atoms with van der Waals surface area (Å²) in [5, 5.41) is 3.10. The van der Waals surface area contributed by atoms with Crippen molar-refractivity contribution in [3.05, 3.63) is 0 Å². The Morgan fingerprint density at radius 1 is 0.433 bits per heavy atom. The number of thiol groups is 2. The van der Waals surface area contributed by atoms with E-state index in [2.05, 4.69) is 30.6 Å². The van der Waals surface area contributed by atoms with Crippen LogP contribution in [0.3, 0.4) is 0 Å². The third kappa shape index (κ3) is 28.6. The van der Waals surface area contributed by atoms with E-state index in [1.54, 1.807) is 0 Å². The van der Waals surface area contributed by atoms with E-state index >= 15 is 0 Å². The Balaban J connectivity index is 2.99. The van der Waals surface area contributed by atoms with E-state index in [0.717, 1.165) is 12.3 Å². The van der Waals surface area contributed by atoms with E-state index in [-0.39, 0.29) is 0 Å². The summed E-state index contributed by atoms with van der Waals surface area (Å²) in [7, 11) is 0. The predicted octanol–water partition coefficient (Wildman–Crippen LogP) is 9.69. The molecule has 4 heteroatoms. The van der Waals surface area contributed by atoms with Crippen molar-refractivity contribution in [2.75, 3.05) is 12.3 Å². The molecule has 0 fully saturated rings. The SMILES string of the molecule is S=C(S)NCCCCCCCCCCCCCCCCCCCCCCCCCS. The van der Waals surface area contributed by atoms with Crippen LogP contribution in [0.1, 0.15) is 148 Å². The molecule has 1 N–H and O–H groups in total. The molecule has 0 unspecified atom stereocenters. The Morgan fingerprint density at radius 3 is 0.900 bits per heavy atom. The first-order chi connectivity index (χ1) is 14.8. The summed E-state index contributed by atoms with van der Waals surface area (Å²) in [6, 6.07) is 0. The van der Waals surface area contributed by atoms with Gasteiger partial charge in [0.2, 0.25) is 0 Å². The van der Waals surface area contributed by atoms with Gasteiger partial charge in [-0.15, -0.1) is 12.6 Å². The molecule has 0 aliphatic carbocycles. The minimum Gasteiger partial charge on any atom is -0.371 e. The predicted molar refractivity (Wildman–Crippen MR) is 150 cm³/mol. The van der Waals surface area contributed by atoms with Crippen LogP contribution >= 0.6 is 37.5 Å². The first kappa shape index (κ1) is 30.6. The highest BCUT2D eigenvalue weighted by Crippen LogP contribution is 2.15. The lowest BCUT2D eigenvalue weighted by Crippen LogP contribution is -2.17.